The van der Waals surface area contributed by atoms with Gasteiger partial charge in [0.15, 0.2) is 5.82 Å². The predicted molar refractivity (Wildman–Crippen MR) is 164 cm³/mol. The number of tetrazole rings is 1. The molecule has 0 bridgehead atoms. The molecule has 0 unspecified atom stereocenters. The van der Waals surface area contributed by atoms with Crippen LogP contribution in [0.4, 0.5) is 5.69 Å². The monoisotopic (exact) mass is 547 g/mol. The molecule has 1 fully saturated rings. The minimum Gasteiger partial charge on any atom is -0.369 e. The van der Waals surface area contributed by atoms with Crippen LogP contribution in [0.2, 0.25) is 0 Å². The van der Waals surface area contributed by atoms with Gasteiger partial charge in [0.1, 0.15) is 6.04 Å². The van der Waals surface area contributed by atoms with E-state index in [1.807, 2.05) is 28.9 Å². The number of benzene rings is 3. The fraction of sp³-hybridized carbons (Fsp3) is 0.333. The standard InChI is InChI=1S/C33H37N7O/c1-22-9-8-12-30(25(22)4)38-15-17-39(18-16-38)31(28-21-27-19-23(2)24(3)20-29(27)34-33(28)41)32-35-36-37-40(32)14-13-26-10-6-5-7-11-26/h5-12,19-21,31H,13-18H2,1-4H3,(H,34,41)/t31-/m0/s1. The lowest BCUT2D eigenvalue weighted by atomic mass is 10.00. The first-order chi connectivity index (χ1) is 19.9. The lowest BCUT2D eigenvalue weighted by Crippen LogP contribution is -2.49. The number of hydrogen-bond donors (Lipinski definition) is 1. The first kappa shape index (κ1) is 26.9. The van der Waals surface area contributed by atoms with Gasteiger partial charge in [-0.3, -0.25) is 9.69 Å². The number of aromatic amines is 1. The molecule has 1 aliphatic rings. The van der Waals surface area contributed by atoms with Gasteiger partial charge >= 0.3 is 0 Å². The van der Waals surface area contributed by atoms with E-state index in [-0.39, 0.29) is 11.6 Å². The summed E-state index contributed by atoms with van der Waals surface area (Å²) in [6.07, 6.45) is 0.804. The fourth-order valence-electron chi connectivity index (χ4n) is 5.94. The molecule has 0 spiro atoms. The Morgan fingerprint density at radius 1 is 0.854 bits per heavy atom. The van der Waals surface area contributed by atoms with Crippen molar-refractivity contribution < 1.29 is 0 Å². The van der Waals surface area contributed by atoms with Gasteiger partial charge in [0.05, 0.1) is 0 Å². The Labute approximate surface area is 240 Å². The van der Waals surface area contributed by atoms with E-state index >= 15 is 0 Å². The average Bonchev–Trinajstić information content (AvgIpc) is 3.44. The van der Waals surface area contributed by atoms with Crippen molar-refractivity contribution in [3.05, 3.63) is 116 Å². The SMILES string of the molecule is Cc1cc2cc([C@@H](c3nnnn3CCc3ccccc3)N3CCN(c4cccc(C)c4C)CC3)c(=O)[nH]c2cc1C. The number of fused-ring (bicyclic) bond motifs is 1. The van der Waals surface area contributed by atoms with Gasteiger partial charge in [-0.15, -0.1) is 5.10 Å². The second kappa shape index (κ2) is 11.3. The van der Waals surface area contributed by atoms with E-state index < -0.39 is 0 Å². The van der Waals surface area contributed by atoms with Crippen LogP contribution in [0.25, 0.3) is 10.9 Å². The zero-order valence-corrected chi connectivity index (χ0v) is 24.3. The van der Waals surface area contributed by atoms with Crippen molar-refractivity contribution in [1.82, 2.24) is 30.1 Å². The van der Waals surface area contributed by atoms with E-state index in [4.69, 9.17) is 0 Å². The van der Waals surface area contributed by atoms with Gasteiger partial charge in [-0.2, -0.15) is 0 Å². The molecule has 2 aromatic heterocycles. The average molecular weight is 548 g/mol. The van der Waals surface area contributed by atoms with E-state index in [0.29, 0.717) is 17.9 Å². The second-order valence-electron chi connectivity index (χ2n) is 11.2. The fourth-order valence-corrected chi connectivity index (χ4v) is 5.94. The zero-order valence-electron chi connectivity index (χ0n) is 24.3. The molecule has 0 radical (unpaired) electrons. The minimum atomic E-state index is -0.365. The molecule has 0 saturated carbocycles. The molecule has 5 aromatic rings. The number of nitrogens with one attached hydrogen (secondary N) is 1. The highest BCUT2D eigenvalue weighted by Gasteiger charge is 2.33. The molecule has 1 aliphatic heterocycles. The van der Waals surface area contributed by atoms with Gasteiger partial charge in [-0.25, -0.2) is 4.68 Å². The normalized spacial score (nSPS) is 15.0. The van der Waals surface area contributed by atoms with Crippen LogP contribution >= 0.6 is 0 Å². The molecule has 1 atom stereocenters. The maximum Gasteiger partial charge on any atom is 0.253 e. The van der Waals surface area contributed by atoms with Crippen LogP contribution < -0.4 is 10.5 Å². The Hall–Kier alpha value is -4.30. The van der Waals surface area contributed by atoms with Gasteiger partial charge in [0.2, 0.25) is 0 Å². The maximum atomic E-state index is 13.7. The Morgan fingerprint density at radius 3 is 2.39 bits per heavy atom. The Kier molecular flexibility index (Phi) is 7.41. The highest BCUT2D eigenvalue weighted by atomic mass is 16.1. The number of aromatic nitrogens is 5. The van der Waals surface area contributed by atoms with E-state index in [9.17, 15) is 4.79 Å². The van der Waals surface area contributed by atoms with Crippen LogP contribution in [0.1, 0.15) is 45.2 Å². The van der Waals surface area contributed by atoms with Gasteiger partial charge in [-0.1, -0.05) is 42.5 Å². The number of piperazine rings is 1. The summed E-state index contributed by atoms with van der Waals surface area (Å²) in [6.45, 7) is 12.5. The summed E-state index contributed by atoms with van der Waals surface area (Å²) in [5.41, 5.74) is 8.91. The molecule has 6 rings (SSSR count). The lowest BCUT2D eigenvalue weighted by Gasteiger charge is -2.40. The summed E-state index contributed by atoms with van der Waals surface area (Å²) in [6, 6.07) is 22.7. The smallest absolute Gasteiger partial charge is 0.253 e. The summed E-state index contributed by atoms with van der Waals surface area (Å²) in [5.74, 6) is 0.704. The molecule has 8 heteroatoms. The largest absolute Gasteiger partial charge is 0.369 e. The second-order valence-corrected chi connectivity index (χ2v) is 11.2. The molecular formula is C33H37N7O. The Morgan fingerprint density at radius 2 is 1.61 bits per heavy atom. The predicted octanol–water partition coefficient (Wildman–Crippen LogP) is 4.90. The number of pyridine rings is 1. The summed E-state index contributed by atoms with van der Waals surface area (Å²) in [4.78, 5) is 21.7. The molecule has 210 valence electrons. The lowest BCUT2D eigenvalue weighted by molar-refractivity contribution is 0.199. The van der Waals surface area contributed by atoms with E-state index in [2.05, 4.69) is 100 Å². The number of anilines is 1. The van der Waals surface area contributed by atoms with Crippen LogP contribution in [0.5, 0.6) is 0 Å². The summed E-state index contributed by atoms with van der Waals surface area (Å²) >= 11 is 0. The molecule has 0 aliphatic carbocycles. The molecule has 8 nitrogen and oxygen atoms in total. The van der Waals surface area contributed by atoms with Crippen LogP contribution in [-0.2, 0) is 13.0 Å². The minimum absolute atomic E-state index is 0.0969. The molecule has 0 amide bonds. The van der Waals surface area contributed by atoms with Crippen molar-refractivity contribution in [3.8, 4) is 0 Å². The van der Waals surface area contributed by atoms with E-state index in [0.717, 1.165) is 49.1 Å². The van der Waals surface area contributed by atoms with Crippen LogP contribution in [0, 0.1) is 27.7 Å². The highest BCUT2D eigenvalue weighted by Crippen LogP contribution is 2.31. The third-order valence-corrected chi connectivity index (χ3v) is 8.64. The Balaban J connectivity index is 1.37. The molecule has 3 aromatic carbocycles. The van der Waals surface area contributed by atoms with Crippen LogP contribution in [0.15, 0.2) is 71.5 Å². The first-order valence-electron chi connectivity index (χ1n) is 14.4. The van der Waals surface area contributed by atoms with Crippen molar-refractivity contribution in [1.29, 1.82) is 0 Å². The van der Waals surface area contributed by atoms with Crippen molar-refractivity contribution in [2.75, 3.05) is 31.1 Å². The van der Waals surface area contributed by atoms with Gasteiger partial charge < -0.3 is 9.88 Å². The number of aryl methyl sites for hydroxylation is 5. The third kappa shape index (κ3) is 5.39. The van der Waals surface area contributed by atoms with Crippen molar-refractivity contribution in [2.45, 2.75) is 46.7 Å². The molecule has 41 heavy (non-hydrogen) atoms. The van der Waals surface area contributed by atoms with Gasteiger partial charge in [0, 0.05) is 49.5 Å². The molecular weight excluding hydrogens is 510 g/mol. The van der Waals surface area contributed by atoms with E-state index in [1.54, 1.807) is 0 Å². The van der Waals surface area contributed by atoms with Gasteiger partial charge in [0.25, 0.3) is 5.56 Å². The van der Waals surface area contributed by atoms with Crippen molar-refractivity contribution in [2.24, 2.45) is 0 Å². The van der Waals surface area contributed by atoms with Gasteiger partial charge in [-0.05, 0) is 102 Å². The van der Waals surface area contributed by atoms with Crippen molar-refractivity contribution in [3.63, 3.8) is 0 Å². The Bertz CT molecular complexity index is 1730. The van der Waals surface area contributed by atoms with E-state index in [1.165, 1.54) is 27.9 Å². The molecule has 1 N–H and O–H groups in total. The topological polar surface area (TPSA) is 82.9 Å². The number of rotatable bonds is 7. The quantitative estimate of drug-likeness (QED) is 0.312. The number of hydrogen-bond acceptors (Lipinski definition) is 6. The zero-order chi connectivity index (χ0) is 28.5. The van der Waals surface area contributed by atoms with Crippen LogP contribution in [0.3, 0.4) is 0 Å². The van der Waals surface area contributed by atoms with Crippen molar-refractivity contribution >= 4 is 16.6 Å². The highest BCUT2D eigenvalue weighted by molar-refractivity contribution is 5.81. The number of nitrogens with zero attached hydrogens (tertiary/aromatic N) is 6. The maximum absolute atomic E-state index is 13.7. The summed E-state index contributed by atoms with van der Waals surface area (Å²) in [5, 5.41) is 14.0. The summed E-state index contributed by atoms with van der Waals surface area (Å²) in [7, 11) is 0. The number of H-pyrrole nitrogens is 1. The first-order valence-corrected chi connectivity index (χ1v) is 14.4. The summed E-state index contributed by atoms with van der Waals surface area (Å²) < 4.78 is 1.87. The third-order valence-electron chi connectivity index (χ3n) is 8.64. The molecule has 1 saturated heterocycles. The van der Waals surface area contributed by atoms with Crippen LogP contribution in [-0.4, -0.2) is 56.3 Å². The molecule has 3 heterocycles.